The van der Waals surface area contributed by atoms with Gasteiger partial charge in [-0.25, -0.2) is 4.79 Å². The van der Waals surface area contributed by atoms with Crippen molar-refractivity contribution in [2.24, 2.45) is 0 Å². The second-order valence-electron chi connectivity index (χ2n) is 6.55. The SMILES string of the molecule is O=C1COC2CCN(C(=O)N3CC(c4ccccc4)C3)CC2N1. The summed E-state index contributed by atoms with van der Waals surface area (Å²) < 4.78 is 5.53. The number of fused-ring (bicyclic) bond motifs is 1. The molecule has 1 aromatic rings. The molecule has 0 bridgehead atoms. The second-order valence-corrected chi connectivity index (χ2v) is 6.55. The third-order valence-electron chi connectivity index (χ3n) is 5.02. The topological polar surface area (TPSA) is 61.9 Å². The zero-order chi connectivity index (χ0) is 15.8. The van der Waals surface area contributed by atoms with Gasteiger partial charge in [-0.3, -0.25) is 4.79 Å². The number of nitrogens with zero attached hydrogens (tertiary/aromatic N) is 2. The molecule has 3 amide bonds. The summed E-state index contributed by atoms with van der Waals surface area (Å²) in [5.41, 5.74) is 1.29. The van der Waals surface area contributed by atoms with Gasteiger partial charge in [0.2, 0.25) is 5.91 Å². The van der Waals surface area contributed by atoms with Crippen LogP contribution >= 0.6 is 0 Å². The first-order valence-corrected chi connectivity index (χ1v) is 8.20. The zero-order valence-electron chi connectivity index (χ0n) is 13.0. The summed E-state index contributed by atoms with van der Waals surface area (Å²) in [4.78, 5) is 27.8. The van der Waals surface area contributed by atoms with Gasteiger partial charge in [0.1, 0.15) is 6.61 Å². The average molecular weight is 315 g/mol. The van der Waals surface area contributed by atoms with Gasteiger partial charge in [0, 0.05) is 32.1 Å². The maximum absolute atomic E-state index is 12.6. The van der Waals surface area contributed by atoms with Crippen LogP contribution in [-0.4, -0.2) is 66.7 Å². The minimum atomic E-state index is -0.0892. The van der Waals surface area contributed by atoms with Gasteiger partial charge >= 0.3 is 6.03 Å². The highest BCUT2D eigenvalue weighted by molar-refractivity contribution is 5.79. The highest BCUT2D eigenvalue weighted by Gasteiger charge is 2.40. The average Bonchev–Trinajstić information content (AvgIpc) is 2.53. The van der Waals surface area contributed by atoms with E-state index >= 15 is 0 Å². The number of carbonyl (C=O) groups excluding carboxylic acids is 2. The Morgan fingerprint density at radius 1 is 1.13 bits per heavy atom. The molecule has 0 aliphatic carbocycles. The lowest BCUT2D eigenvalue weighted by atomic mass is 9.91. The van der Waals surface area contributed by atoms with Gasteiger partial charge in [0.15, 0.2) is 0 Å². The summed E-state index contributed by atoms with van der Waals surface area (Å²) in [7, 11) is 0. The lowest BCUT2D eigenvalue weighted by molar-refractivity contribution is -0.139. The highest BCUT2D eigenvalue weighted by atomic mass is 16.5. The lowest BCUT2D eigenvalue weighted by Crippen LogP contribution is -2.63. The van der Waals surface area contributed by atoms with Gasteiger partial charge in [0.05, 0.1) is 12.1 Å². The Labute approximate surface area is 135 Å². The first-order valence-electron chi connectivity index (χ1n) is 8.20. The van der Waals surface area contributed by atoms with Crippen molar-refractivity contribution in [2.45, 2.75) is 24.5 Å². The molecule has 3 fully saturated rings. The quantitative estimate of drug-likeness (QED) is 0.834. The van der Waals surface area contributed by atoms with Gasteiger partial charge in [-0.15, -0.1) is 0 Å². The summed E-state index contributed by atoms with van der Waals surface area (Å²) >= 11 is 0. The summed E-state index contributed by atoms with van der Waals surface area (Å²) in [6.07, 6.45) is 0.831. The molecule has 122 valence electrons. The van der Waals surface area contributed by atoms with E-state index in [0.717, 1.165) is 19.5 Å². The molecule has 6 nitrogen and oxygen atoms in total. The van der Waals surface area contributed by atoms with E-state index < -0.39 is 0 Å². The van der Waals surface area contributed by atoms with Crippen LogP contribution in [0.1, 0.15) is 17.9 Å². The van der Waals surface area contributed by atoms with Crippen molar-refractivity contribution in [1.82, 2.24) is 15.1 Å². The smallest absolute Gasteiger partial charge is 0.320 e. The number of piperidine rings is 1. The van der Waals surface area contributed by atoms with Gasteiger partial charge in [-0.05, 0) is 12.0 Å². The number of hydrogen-bond donors (Lipinski definition) is 1. The van der Waals surface area contributed by atoms with E-state index in [1.807, 2.05) is 28.0 Å². The van der Waals surface area contributed by atoms with Gasteiger partial charge in [-0.1, -0.05) is 30.3 Å². The minimum Gasteiger partial charge on any atom is -0.366 e. The number of likely N-dealkylation sites (tertiary alicyclic amines) is 2. The molecule has 23 heavy (non-hydrogen) atoms. The van der Waals surface area contributed by atoms with Gasteiger partial charge in [0.25, 0.3) is 0 Å². The van der Waals surface area contributed by atoms with Crippen LogP contribution < -0.4 is 5.32 Å². The molecule has 6 heteroatoms. The summed E-state index contributed by atoms with van der Waals surface area (Å²) in [6, 6.07) is 10.3. The molecule has 0 aromatic heterocycles. The number of ether oxygens (including phenoxy) is 1. The monoisotopic (exact) mass is 315 g/mol. The van der Waals surface area contributed by atoms with E-state index in [1.165, 1.54) is 5.56 Å². The number of urea groups is 1. The van der Waals surface area contributed by atoms with Crippen molar-refractivity contribution >= 4 is 11.9 Å². The van der Waals surface area contributed by atoms with Crippen LogP contribution in [0.4, 0.5) is 4.79 Å². The Morgan fingerprint density at radius 2 is 1.91 bits per heavy atom. The molecular weight excluding hydrogens is 294 g/mol. The standard InChI is InChI=1S/C17H21N3O3/c21-16-11-23-15-6-7-19(10-14(15)18-16)17(22)20-8-13(9-20)12-4-2-1-3-5-12/h1-5,13-15H,6-11H2,(H,18,21). The van der Waals surface area contributed by atoms with E-state index in [9.17, 15) is 9.59 Å². The fraction of sp³-hybridized carbons (Fsp3) is 0.529. The Balaban J connectivity index is 1.33. The maximum atomic E-state index is 12.6. The van der Waals surface area contributed by atoms with Crippen molar-refractivity contribution < 1.29 is 14.3 Å². The molecule has 0 saturated carbocycles. The molecule has 1 aromatic carbocycles. The molecule has 0 spiro atoms. The predicted molar refractivity (Wildman–Crippen MR) is 84.0 cm³/mol. The first-order chi connectivity index (χ1) is 11.2. The molecule has 2 unspecified atom stereocenters. The fourth-order valence-corrected chi connectivity index (χ4v) is 3.64. The minimum absolute atomic E-state index is 0.0465. The normalized spacial score (nSPS) is 27.9. The highest BCUT2D eigenvalue weighted by Crippen LogP contribution is 2.28. The van der Waals surface area contributed by atoms with E-state index in [2.05, 4.69) is 17.4 Å². The number of nitrogens with one attached hydrogen (secondary N) is 1. The molecular formula is C17H21N3O3. The summed E-state index contributed by atoms with van der Waals surface area (Å²) in [5.74, 6) is 0.351. The third-order valence-corrected chi connectivity index (χ3v) is 5.02. The number of amides is 3. The van der Waals surface area contributed by atoms with E-state index in [-0.39, 0.29) is 30.7 Å². The number of hydrogen-bond acceptors (Lipinski definition) is 3. The number of carbonyl (C=O) groups is 2. The van der Waals surface area contributed by atoms with Crippen LogP contribution in [-0.2, 0) is 9.53 Å². The maximum Gasteiger partial charge on any atom is 0.320 e. The van der Waals surface area contributed by atoms with Gasteiger partial charge in [-0.2, -0.15) is 0 Å². The van der Waals surface area contributed by atoms with E-state index in [4.69, 9.17) is 4.74 Å². The number of rotatable bonds is 1. The van der Waals surface area contributed by atoms with Gasteiger partial charge < -0.3 is 19.9 Å². The molecule has 3 aliphatic rings. The molecule has 3 heterocycles. The van der Waals surface area contributed by atoms with Crippen LogP contribution in [0.2, 0.25) is 0 Å². The molecule has 1 N–H and O–H groups in total. The Morgan fingerprint density at radius 3 is 2.70 bits per heavy atom. The van der Waals surface area contributed by atoms with Crippen molar-refractivity contribution in [3.8, 4) is 0 Å². The van der Waals surface area contributed by atoms with Crippen molar-refractivity contribution in [3.63, 3.8) is 0 Å². The zero-order valence-corrected chi connectivity index (χ0v) is 13.0. The molecule has 3 saturated heterocycles. The van der Waals surface area contributed by atoms with E-state index in [1.54, 1.807) is 0 Å². The molecule has 2 atom stereocenters. The van der Waals surface area contributed by atoms with Crippen LogP contribution in [0.25, 0.3) is 0 Å². The first kappa shape index (κ1) is 14.5. The lowest BCUT2D eigenvalue weighted by Gasteiger charge is -2.46. The third kappa shape index (κ3) is 2.79. The van der Waals surface area contributed by atoms with Crippen LogP contribution in [0.15, 0.2) is 30.3 Å². The Bertz CT molecular complexity index is 600. The number of morpholine rings is 1. The number of benzene rings is 1. The summed E-state index contributed by atoms with van der Waals surface area (Å²) in [5, 5.41) is 2.94. The Kier molecular flexibility index (Phi) is 3.69. The van der Waals surface area contributed by atoms with Crippen LogP contribution in [0, 0.1) is 0 Å². The molecule has 0 radical (unpaired) electrons. The molecule has 4 rings (SSSR count). The predicted octanol–water partition coefficient (Wildman–Crippen LogP) is 0.795. The fourth-order valence-electron chi connectivity index (χ4n) is 3.64. The van der Waals surface area contributed by atoms with Crippen LogP contribution in [0.3, 0.4) is 0 Å². The second kappa shape index (κ2) is 5.85. The van der Waals surface area contributed by atoms with Crippen molar-refractivity contribution in [3.05, 3.63) is 35.9 Å². The van der Waals surface area contributed by atoms with Crippen molar-refractivity contribution in [2.75, 3.05) is 32.8 Å². The molecule has 3 aliphatic heterocycles. The van der Waals surface area contributed by atoms with Crippen molar-refractivity contribution in [1.29, 1.82) is 0 Å². The summed E-state index contributed by atoms with van der Waals surface area (Å²) in [6.45, 7) is 2.93. The Hall–Kier alpha value is -2.08. The largest absolute Gasteiger partial charge is 0.366 e. The van der Waals surface area contributed by atoms with Crippen LogP contribution in [0.5, 0.6) is 0 Å². The van der Waals surface area contributed by atoms with E-state index in [0.29, 0.717) is 19.0 Å².